The highest BCUT2D eigenvalue weighted by Gasteiger charge is 2.26. The molecule has 1 aromatic carbocycles. The molecule has 0 aromatic heterocycles. The summed E-state index contributed by atoms with van der Waals surface area (Å²) in [5.74, 6) is 0.164. The molecular formula is C21H31N3O4. The molecule has 0 bridgehead atoms. The summed E-state index contributed by atoms with van der Waals surface area (Å²) in [4.78, 5) is 38.6. The van der Waals surface area contributed by atoms with E-state index >= 15 is 0 Å². The van der Waals surface area contributed by atoms with E-state index in [0.717, 1.165) is 32.1 Å². The highest BCUT2D eigenvalue weighted by Crippen LogP contribution is 2.25. The lowest BCUT2D eigenvalue weighted by Gasteiger charge is -2.28. The van der Waals surface area contributed by atoms with Gasteiger partial charge in [0.2, 0.25) is 17.7 Å². The molecule has 2 N–H and O–H groups in total. The Kier molecular flexibility index (Phi) is 8.78. The predicted octanol–water partition coefficient (Wildman–Crippen LogP) is 2.57. The topological polar surface area (TPSA) is 87.7 Å². The Balaban J connectivity index is 1.79. The minimum atomic E-state index is -0.320. The molecule has 1 aromatic rings. The summed E-state index contributed by atoms with van der Waals surface area (Å²) in [5, 5.41) is 5.31. The predicted molar refractivity (Wildman–Crippen MR) is 108 cm³/mol. The average Bonchev–Trinajstić information content (AvgIpc) is 2.72. The van der Waals surface area contributed by atoms with E-state index in [-0.39, 0.29) is 36.7 Å². The van der Waals surface area contributed by atoms with Gasteiger partial charge < -0.3 is 20.3 Å². The second-order valence-corrected chi connectivity index (χ2v) is 7.15. The molecule has 0 radical (unpaired) electrons. The van der Waals surface area contributed by atoms with Crippen molar-refractivity contribution >= 4 is 23.4 Å². The lowest BCUT2D eigenvalue weighted by atomic mass is 9.88. The molecule has 28 heavy (non-hydrogen) atoms. The van der Waals surface area contributed by atoms with E-state index in [0.29, 0.717) is 18.0 Å². The number of carbonyl (C=O) groups is 3. The Morgan fingerprint density at radius 3 is 2.36 bits per heavy atom. The molecule has 0 aliphatic heterocycles. The van der Waals surface area contributed by atoms with Gasteiger partial charge in [-0.3, -0.25) is 14.4 Å². The van der Waals surface area contributed by atoms with Gasteiger partial charge in [-0.25, -0.2) is 0 Å². The summed E-state index contributed by atoms with van der Waals surface area (Å²) < 4.78 is 5.07. The first-order valence-electron chi connectivity index (χ1n) is 10.0. The number of hydrogen-bond acceptors (Lipinski definition) is 4. The molecule has 0 unspecified atom stereocenters. The van der Waals surface area contributed by atoms with E-state index in [1.54, 1.807) is 36.3 Å². The summed E-state index contributed by atoms with van der Waals surface area (Å²) in [6, 6.07) is 6.94. The van der Waals surface area contributed by atoms with E-state index in [1.807, 2.05) is 6.92 Å². The van der Waals surface area contributed by atoms with E-state index in [2.05, 4.69) is 10.6 Å². The molecular weight excluding hydrogens is 358 g/mol. The maximum atomic E-state index is 12.7. The monoisotopic (exact) mass is 389 g/mol. The molecule has 1 saturated carbocycles. The number of amides is 3. The minimum absolute atomic E-state index is 0.00100. The number of carbonyl (C=O) groups excluding carboxylic acids is 3. The minimum Gasteiger partial charge on any atom is -0.497 e. The van der Waals surface area contributed by atoms with Gasteiger partial charge in [-0.2, -0.15) is 0 Å². The van der Waals surface area contributed by atoms with Crippen LogP contribution in [0.4, 0.5) is 5.69 Å². The number of nitrogens with one attached hydrogen (secondary N) is 2. The van der Waals surface area contributed by atoms with Crippen molar-refractivity contribution in [2.45, 2.75) is 45.4 Å². The van der Waals surface area contributed by atoms with Gasteiger partial charge in [-0.05, 0) is 43.5 Å². The standard InChI is InChI=1S/C21H31N3O4/c1-3-13-24(21(27)16-7-5-4-6-8-16)15-20(26)22-14-19(25)23-17-9-11-18(28-2)12-10-17/h9-12,16H,3-8,13-15H2,1-2H3,(H,22,26)(H,23,25). The lowest BCUT2D eigenvalue weighted by Crippen LogP contribution is -2.45. The fourth-order valence-electron chi connectivity index (χ4n) is 3.43. The maximum Gasteiger partial charge on any atom is 0.243 e. The van der Waals surface area contributed by atoms with E-state index in [4.69, 9.17) is 4.74 Å². The van der Waals surface area contributed by atoms with Crippen LogP contribution in [0.1, 0.15) is 45.4 Å². The number of rotatable bonds is 9. The number of anilines is 1. The molecule has 0 atom stereocenters. The maximum absolute atomic E-state index is 12.7. The van der Waals surface area contributed by atoms with Crippen molar-refractivity contribution in [2.75, 3.05) is 32.1 Å². The third-order valence-corrected chi connectivity index (χ3v) is 4.91. The first-order chi connectivity index (χ1) is 13.5. The van der Waals surface area contributed by atoms with Gasteiger partial charge in [0, 0.05) is 18.2 Å². The highest BCUT2D eigenvalue weighted by atomic mass is 16.5. The summed E-state index contributed by atoms with van der Waals surface area (Å²) in [6.07, 6.45) is 5.95. The largest absolute Gasteiger partial charge is 0.497 e. The zero-order valence-electron chi connectivity index (χ0n) is 16.8. The highest BCUT2D eigenvalue weighted by molar-refractivity contribution is 5.95. The van der Waals surface area contributed by atoms with Crippen molar-refractivity contribution in [1.82, 2.24) is 10.2 Å². The van der Waals surface area contributed by atoms with Gasteiger partial charge in [0.25, 0.3) is 0 Å². The van der Waals surface area contributed by atoms with Crippen LogP contribution in [0.25, 0.3) is 0 Å². The molecule has 0 spiro atoms. The van der Waals surface area contributed by atoms with Crippen LogP contribution in [0.5, 0.6) is 5.75 Å². The van der Waals surface area contributed by atoms with E-state index in [1.165, 1.54) is 6.42 Å². The van der Waals surface area contributed by atoms with Crippen LogP contribution in [0.15, 0.2) is 24.3 Å². The summed E-state index contributed by atoms with van der Waals surface area (Å²) >= 11 is 0. The van der Waals surface area contributed by atoms with E-state index in [9.17, 15) is 14.4 Å². The van der Waals surface area contributed by atoms with Crippen LogP contribution in [0.3, 0.4) is 0 Å². The number of nitrogens with zero attached hydrogens (tertiary/aromatic N) is 1. The van der Waals surface area contributed by atoms with Crippen molar-refractivity contribution in [2.24, 2.45) is 5.92 Å². The second kappa shape index (κ2) is 11.3. The molecule has 1 fully saturated rings. The first-order valence-corrected chi connectivity index (χ1v) is 10.0. The third kappa shape index (κ3) is 6.87. The SMILES string of the molecule is CCCN(CC(=O)NCC(=O)Nc1ccc(OC)cc1)C(=O)C1CCCCC1. The molecule has 1 aliphatic carbocycles. The summed E-state index contributed by atoms with van der Waals surface area (Å²) in [7, 11) is 1.57. The summed E-state index contributed by atoms with van der Waals surface area (Å²) in [6.45, 7) is 2.41. The number of methoxy groups -OCH3 is 1. The van der Waals surface area contributed by atoms with Gasteiger partial charge in [0.05, 0.1) is 20.2 Å². The molecule has 7 heteroatoms. The smallest absolute Gasteiger partial charge is 0.243 e. The fraction of sp³-hybridized carbons (Fsp3) is 0.571. The zero-order valence-corrected chi connectivity index (χ0v) is 16.8. The second-order valence-electron chi connectivity index (χ2n) is 7.15. The lowest BCUT2D eigenvalue weighted by molar-refractivity contribution is -0.140. The van der Waals surface area contributed by atoms with Crippen LogP contribution in [-0.4, -0.2) is 49.4 Å². The van der Waals surface area contributed by atoms with Crippen LogP contribution < -0.4 is 15.4 Å². The Labute approximate surface area is 166 Å². The molecule has 7 nitrogen and oxygen atoms in total. The zero-order chi connectivity index (χ0) is 20.4. The third-order valence-electron chi connectivity index (χ3n) is 4.91. The molecule has 154 valence electrons. The van der Waals surface area contributed by atoms with Crippen molar-refractivity contribution in [1.29, 1.82) is 0 Å². The van der Waals surface area contributed by atoms with Crippen molar-refractivity contribution in [3.05, 3.63) is 24.3 Å². The Bertz CT molecular complexity index is 654. The molecule has 2 rings (SSSR count). The number of benzene rings is 1. The van der Waals surface area contributed by atoms with Crippen LogP contribution in [0.2, 0.25) is 0 Å². The van der Waals surface area contributed by atoms with E-state index < -0.39 is 0 Å². The summed E-state index contributed by atoms with van der Waals surface area (Å²) in [5.41, 5.74) is 0.625. The fourth-order valence-corrected chi connectivity index (χ4v) is 3.43. The molecule has 0 heterocycles. The van der Waals surface area contributed by atoms with Crippen LogP contribution >= 0.6 is 0 Å². The average molecular weight is 389 g/mol. The van der Waals surface area contributed by atoms with Gasteiger partial charge in [-0.15, -0.1) is 0 Å². The molecule has 3 amide bonds. The van der Waals surface area contributed by atoms with Gasteiger partial charge in [-0.1, -0.05) is 26.2 Å². The Hall–Kier alpha value is -2.57. The van der Waals surface area contributed by atoms with Crippen molar-refractivity contribution < 1.29 is 19.1 Å². The number of hydrogen-bond donors (Lipinski definition) is 2. The quantitative estimate of drug-likeness (QED) is 0.679. The van der Waals surface area contributed by atoms with Gasteiger partial charge in [0.15, 0.2) is 0 Å². The van der Waals surface area contributed by atoms with Gasteiger partial charge >= 0.3 is 0 Å². The van der Waals surface area contributed by atoms with Gasteiger partial charge in [0.1, 0.15) is 5.75 Å². The Morgan fingerprint density at radius 2 is 1.75 bits per heavy atom. The van der Waals surface area contributed by atoms with Crippen molar-refractivity contribution in [3.8, 4) is 5.75 Å². The normalized spacial score (nSPS) is 14.2. The van der Waals surface area contributed by atoms with Crippen LogP contribution in [0, 0.1) is 5.92 Å². The number of ether oxygens (including phenoxy) is 1. The Morgan fingerprint density at radius 1 is 1.07 bits per heavy atom. The van der Waals surface area contributed by atoms with Crippen molar-refractivity contribution in [3.63, 3.8) is 0 Å². The van der Waals surface area contributed by atoms with Crippen LogP contribution in [-0.2, 0) is 14.4 Å². The first kappa shape index (κ1) is 21.7. The molecule has 1 aliphatic rings. The molecule has 0 saturated heterocycles.